The second-order valence-corrected chi connectivity index (χ2v) is 8.75. The zero-order chi connectivity index (χ0) is 24.6. The van der Waals surface area contributed by atoms with Gasteiger partial charge in [0.15, 0.2) is 0 Å². The van der Waals surface area contributed by atoms with Gasteiger partial charge in [0.2, 0.25) is 5.95 Å². The van der Waals surface area contributed by atoms with Crippen molar-refractivity contribution in [3.63, 3.8) is 0 Å². The molecule has 1 fully saturated rings. The lowest BCUT2D eigenvalue weighted by Crippen LogP contribution is -2.44. The molecule has 0 atom stereocenters. The molecule has 1 N–H and O–H groups in total. The Hall–Kier alpha value is -4.31. The van der Waals surface area contributed by atoms with Crippen LogP contribution in [-0.2, 0) is 0 Å². The van der Waals surface area contributed by atoms with E-state index in [4.69, 9.17) is 0 Å². The fourth-order valence-electron chi connectivity index (χ4n) is 4.46. The number of hydrogen-bond donors (Lipinski definition) is 1. The van der Waals surface area contributed by atoms with Gasteiger partial charge in [-0.1, -0.05) is 0 Å². The maximum atomic E-state index is 14.9. The predicted molar refractivity (Wildman–Crippen MR) is 135 cm³/mol. The number of rotatable bonds is 4. The van der Waals surface area contributed by atoms with Gasteiger partial charge in [-0.25, -0.2) is 23.7 Å². The van der Waals surface area contributed by atoms with Crippen molar-refractivity contribution in [1.82, 2.24) is 29.8 Å². The summed E-state index contributed by atoms with van der Waals surface area (Å²) in [5.74, 6) is -0.428. The van der Waals surface area contributed by atoms with Gasteiger partial charge in [-0.2, -0.15) is 0 Å². The number of benzene rings is 1. The second-order valence-electron chi connectivity index (χ2n) is 8.75. The van der Waals surface area contributed by atoms with Crippen LogP contribution in [0, 0.1) is 11.6 Å². The highest BCUT2D eigenvalue weighted by Gasteiger charge is 2.18. The van der Waals surface area contributed by atoms with Gasteiger partial charge >= 0.3 is 0 Å². The van der Waals surface area contributed by atoms with Crippen molar-refractivity contribution < 1.29 is 8.78 Å². The monoisotopic (exact) mass is 484 g/mol. The first-order valence-electron chi connectivity index (χ1n) is 11.6. The van der Waals surface area contributed by atoms with Crippen LogP contribution in [0.25, 0.3) is 33.1 Å². The van der Waals surface area contributed by atoms with Crippen LogP contribution >= 0.6 is 0 Å². The molecule has 4 aromatic heterocycles. The number of likely N-dealkylation sites (N-methyl/N-ethyl adjacent to an activating group) is 1. The van der Waals surface area contributed by atoms with Gasteiger partial charge in [0.25, 0.3) is 0 Å². The summed E-state index contributed by atoms with van der Waals surface area (Å²) >= 11 is 0. The van der Waals surface area contributed by atoms with E-state index in [0.29, 0.717) is 44.8 Å². The molecule has 36 heavy (non-hydrogen) atoms. The highest BCUT2D eigenvalue weighted by atomic mass is 19.1. The van der Waals surface area contributed by atoms with E-state index in [9.17, 15) is 8.78 Å². The van der Waals surface area contributed by atoms with Crippen molar-refractivity contribution >= 4 is 39.1 Å². The van der Waals surface area contributed by atoms with E-state index in [0.717, 1.165) is 26.2 Å². The van der Waals surface area contributed by atoms with Crippen molar-refractivity contribution in [2.45, 2.75) is 0 Å². The SMILES string of the molecule is CN1CCN(c2ccc(Nc3ncc4nc(-c5cnccc5F)c5ccncc5c4n3)cc2F)CC1. The third kappa shape index (κ3) is 4.05. The maximum absolute atomic E-state index is 14.9. The molecule has 0 spiro atoms. The minimum atomic E-state index is -0.420. The minimum Gasteiger partial charge on any atom is -0.367 e. The smallest absolute Gasteiger partial charge is 0.227 e. The van der Waals surface area contributed by atoms with Crippen LogP contribution in [0.3, 0.4) is 0 Å². The molecule has 0 unspecified atom stereocenters. The lowest BCUT2D eigenvalue weighted by Gasteiger charge is -2.34. The van der Waals surface area contributed by atoms with Gasteiger partial charge in [0.1, 0.15) is 22.7 Å². The number of halogens is 2. The van der Waals surface area contributed by atoms with E-state index in [-0.39, 0.29) is 11.4 Å². The van der Waals surface area contributed by atoms with Gasteiger partial charge in [0.05, 0.1) is 23.1 Å². The fourth-order valence-corrected chi connectivity index (χ4v) is 4.46. The van der Waals surface area contributed by atoms with Crippen molar-refractivity contribution in [2.75, 3.05) is 43.4 Å². The summed E-state index contributed by atoms with van der Waals surface area (Å²) in [6, 6.07) is 8.11. The van der Waals surface area contributed by atoms with Crippen LogP contribution in [0.5, 0.6) is 0 Å². The number of fused-ring (bicyclic) bond motifs is 3. The van der Waals surface area contributed by atoms with Gasteiger partial charge in [-0.05, 0) is 37.4 Å². The lowest BCUT2D eigenvalue weighted by atomic mass is 10.1. The quantitative estimate of drug-likeness (QED) is 0.376. The van der Waals surface area contributed by atoms with Gasteiger partial charge in [-0.3, -0.25) is 9.97 Å². The average Bonchev–Trinajstić information content (AvgIpc) is 2.90. The first-order chi connectivity index (χ1) is 17.6. The largest absolute Gasteiger partial charge is 0.367 e. The van der Waals surface area contributed by atoms with Crippen LogP contribution < -0.4 is 10.2 Å². The van der Waals surface area contributed by atoms with E-state index in [1.807, 2.05) is 6.07 Å². The topological polar surface area (TPSA) is 83.0 Å². The molecule has 8 nitrogen and oxygen atoms in total. The minimum absolute atomic E-state index is 0.286. The summed E-state index contributed by atoms with van der Waals surface area (Å²) < 4.78 is 29.5. The normalized spacial score (nSPS) is 14.5. The zero-order valence-electron chi connectivity index (χ0n) is 19.5. The van der Waals surface area contributed by atoms with Crippen LogP contribution in [0.2, 0.25) is 0 Å². The Balaban J connectivity index is 1.35. The van der Waals surface area contributed by atoms with E-state index in [2.05, 4.69) is 47.1 Å². The van der Waals surface area contributed by atoms with Crippen LogP contribution in [0.1, 0.15) is 0 Å². The molecule has 1 aromatic carbocycles. The number of anilines is 3. The number of hydrogen-bond acceptors (Lipinski definition) is 8. The van der Waals surface area contributed by atoms with Crippen molar-refractivity contribution in [2.24, 2.45) is 0 Å². The number of nitrogens with zero attached hydrogens (tertiary/aromatic N) is 7. The van der Waals surface area contributed by atoms with Crippen molar-refractivity contribution in [3.8, 4) is 11.3 Å². The molecule has 1 aliphatic heterocycles. The van der Waals surface area contributed by atoms with E-state index < -0.39 is 5.82 Å². The number of piperazine rings is 1. The Bertz CT molecular complexity index is 1580. The standard InChI is InChI=1S/C26H22F2N8/c1-35-8-10-36(11-9-35)23-3-2-16(12-21(23)28)32-26-31-15-22-25(34-26)18-13-29-6-4-17(18)24(33-22)19-14-30-7-5-20(19)27/h2-7,12-15H,8-11H2,1H3,(H,31,32,34). The summed E-state index contributed by atoms with van der Waals surface area (Å²) in [6.45, 7) is 3.37. The van der Waals surface area contributed by atoms with Gasteiger partial charge in [0, 0.05) is 67.4 Å². The molecule has 5 aromatic rings. The molecule has 0 bridgehead atoms. The Morgan fingerprint density at radius 1 is 0.833 bits per heavy atom. The molecule has 5 heterocycles. The van der Waals surface area contributed by atoms with Crippen LogP contribution in [0.4, 0.5) is 26.1 Å². The predicted octanol–water partition coefficient (Wildman–Crippen LogP) is 4.41. The molecule has 10 heteroatoms. The Labute approximate surface area is 205 Å². The third-order valence-corrected chi connectivity index (χ3v) is 6.40. The molecule has 0 amide bonds. The molecular weight excluding hydrogens is 462 g/mol. The first-order valence-corrected chi connectivity index (χ1v) is 11.6. The maximum Gasteiger partial charge on any atom is 0.227 e. The highest BCUT2D eigenvalue weighted by Crippen LogP contribution is 2.32. The van der Waals surface area contributed by atoms with E-state index >= 15 is 0 Å². The number of pyridine rings is 3. The summed E-state index contributed by atoms with van der Waals surface area (Å²) in [6.07, 6.45) is 7.69. The molecule has 0 saturated carbocycles. The van der Waals surface area contributed by atoms with E-state index in [1.54, 1.807) is 30.7 Å². The summed E-state index contributed by atoms with van der Waals surface area (Å²) in [7, 11) is 2.07. The number of nitrogens with one attached hydrogen (secondary N) is 1. The molecule has 6 rings (SSSR count). The average molecular weight is 485 g/mol. The third-order valence-electron chi connectivity index (χ3n) is 6.40. The fraction of sp³-hybridized carbons (Fsp3) is 0.192. The zero-order valence-corrected chi connectivity index (χ0v) is 19.5. The van der Waals surface area contributed by atoms with Crippen molar-refractivity contribution in [1.29, 1.82) is 0 Å². The Morgan fingerprint density at radius 3 is 2.44 bits per heavy atom. The molecule has 1 aliphatic rings. The molecule has 0 radical (unpaired) electrons. The number of aromatic nitrogens is 5. The second kappa shape index (κ2) is 9.04. The summed E-state index contributed by atoms with van der Waals surface area (Å²) in [5, 5.41) is 4.48. The molecule has 0 aliphatic carbocycles. The molecule has 180 valence electrons. The Kier molecular flexibility index (Phi) is 5.57. The first kappa shape index (κ1) is 22.2. The molecular formula is C26H22F2N8. The van der Waals surface area contributed by atoms with Gasteiger partial charge < -0.3 is 15.1 Å². The summed E-state index contributed by atoms with van der Waals surface area (Å²) in [5.41, 5.74) is 2.89. The van der Waals surface area contributed by atoms with Crippen LogP contribution in [0.15, 0.2) is 61.3 Å². The highest BCUT2D eigenvalue weighted by molar-refractivity contribution is 6.08. The lowest BCUT2D eigenvalue weighted by molar-refractivity contribution is 0.311. The van der Waals surface area contributed by atoms with Gasteiger partial charge in [-0.15, -0.1) is 0 Å². The Morgan fingerprint density at radius 2 is 1.64 bits per heavy atom. The molecule has 1 saturated heterocycles. The van der Waals surface area contributed by atoms with E-state index in [1.165, 1.54) is 24.5 Å². The summed E-state index contributed by atoms with van der Waals surface area (Å²) in [4.78, 5) is 26.2. The van der Waals surface area contributed by atoms with Crippen molar-refractivity contribution in [3.05, 3.63) is 73.0 Å². The van der Waals surface area contributed by atoms with Crippen LogP contribution in [-0.4, -0.2) is 63.0 Å².